The number of amides is 2. The maximum Gasteiger partial charge on any atom is 0.306 e. The molecule has 186 valence electrons. The number of rotatable bonds is 19. The quantitative estimate of drug-likeness (QED) is 0.196. The molecule has 0 saturated carbocycles. The van der Waals surface area contributed by atoms with Gasteiger partial charge in [-0.05, 0) is 33.6 Å². The largest absolute Gasteiger partial charge is 0.481 e. The molecular weight excluding hydrogens is 420 g/mol. The van der Waals surface area contributed by atoms with Crippen molar-refractivity contribution in [2.45, 2.75) is 77.7 Å². The lowest BCUT2D eigenvalue weighted by atomic mass is 10.1. The van der Waals surface area contributed by atoms with E-state index in [9.17, 15) is 19.2 Å². The van der Waals surface area contributed by atoms with Gasteiger partial charge in [0.05, 0.1) is 32.8 Å². The molecule has 32 heavy (non-hydrogen) atoms. The van der Waals surface area contributed by atoms with Gasteiger partial charge in [-0.15, -0.1) is 0 Å². The highest BCUT2D eigenvalue weighted by Crippen LogP contribution is 2.11. The Bertz CT molecular complexity index is 561. The highest BCUT2D eigenvalue weighted by Gasteiger charge is 2.15. The van der Waals surface area contributed by atoms with Gasteiger partial charge >= 0.3 is 11.9 Å². The summed E-state index contributed by atoms with van der Waals surface area (Å²) in [6.07, 6.45) is 3.96. The van der Waals surface area contributed by atoms with Crippen molar-refractivity contribution >= 4 is 23.8 Å². The van der Waals surface area contributed by atoms with Crippen LogP contribution in [0.1, 0.15) is 72.1 Å². The molecule has 0 heterocycles. The summed E-state index contributed by atoms with van der Waals surface area (Å²) in [5, 5.41) is 13.8. The van der Waals surface area contributed by atoms with Gasteiger partial charge in [0, 0.05) is 32.4 Å². The van der Waals surface area contributed by atoms with Gasteiger partial charge in [-0.3, -0.25) is 19.2 Å². The van der Waals surface area contributed by atoms with E-state index in [0.29, 0.717) is 52.4 Å². The number of ether oxygens (including phenoxy) is 3. The molecule has 0 bridgehead atoms. The number of hydrogen-bond donors (Lipinski definition) is 3. The molecule has 0 fully saturated rings. The Kier molecular flexibility index (Phi) is 17.1. The van der Waals surface area contributed by atoms with Crippen LogP contribution in [0.25, 0.3) is 0 Å². The summed E-state index contributed by atoms with van der Waals surface area (Å²) in [7, 11) is 0. The lowest BCUT2D eigenvalue weighted by Crippen LogP contribution is -2.28. The summed E-state index contributed by atoms with van der Waals surface area (Å²) in [6.45, 7) is 7.73. The molecule has 0 aliphatic carbocycles. The maximum absolute atomic E-state index is 11.8. The molecule has 0 saturated heterocycles. The minimum absolute atomic E-state index is 0.0179. The van der Waals surface area contributed by atoms with Gasteiger partial charge in [0.2, 0.25) is 11.8 Å². The minimum atomic E-state index is -1.00. The summed E-state index contributed by atoms with van der Waals surface area (Å²) in [4.78, 5) is 45.0. The van der Waals surface area contributed by atoms with Crippen LogP contribution in [0.3, 0.4) is 0 Å². The van der Waals surface area contributed by atoms with Crippen molar-refractivity contribution in [1.82, 2.24) is 10.6 Å². The van der Waals surface area contributed by atoms with Crippen molar-refractivity contribution in [3.8, 4) is 0 Å². The summed E-state index contributed by atoms with van der Waals surface area (Å²) >= 11 is 0. The van der Waals surface area contributed by atoms with Gasteiger partial charge in [0.15, 0.2) is 0 Å². The minimum Gasteiger partial charge on any atom is -0.481 e. The number of carboxylic acid groups (broad SMARTS) is 1. The highest BCUT2D eigenvalue weighted by atomic mass is 16.6. The van der Waals surface area contributed by atoms with Crippen molar-refractivity contribution in [3.05, 3.63) is 0 Å². The molecule has 0 aliphatic rings. The fraction of sp³-hybridized carbons (Fsp3) is 0.818. The summed E-state index contributed by atoms with van der Waals surface area (Å²) in [6, 6.07) is 0. The Morgan fingerprint density at radius 1 is 0.688 bits per heavy atom. The molecule has 0 radical (unpaired) electrons. The van der Waals surface area contributed by atoms with Crippen molar-refractivity contribution in [3.63, 3.8) is 0 Å². The van der Waals surface area contributed by atoms with E-state index in [0.717, 1.165) is 25.7 Å². The van der Waals surface area contributed by atoms with E-state index in [2.05, 4.69) is 10.6 Å². The van der Waals surface area contributed by atoms with Crippen LogP contribution in [0, 0.1) is 0 Å². The molecule has 2 amide bonds. The van der Waals surface area contributed by atoms with E-state index in [1.165, 1.54) is 0 Å². The first-order chi connectivity index (χ1) is 15.1. The van der Waals surface area contributed by atoms with E-state index in [1.54, 1.807) is 0 Å². The van der Waals surface area contributed by atoms with Crippen LogP contribution in [0.5, 0.6) is 0 Å². The molecule has 10 heteroatoms. The second kappa shape index (κ2) is 18.4. The number of carboxylic acids is 1. The van der Waals surface area contributed by atoms with E-state index in [4.69, 9.17) is 19.3 Å². The molecule has 0 aliphatic heterocycles. The Labute approximate surface area is 190 Å². The van der Waals surface area contributed by atoms with Crippen LogP contribution in [0.15, 0.2) is 0 Å². The molecule has 10 nitrogen and oxygen atoms in total. The van der Waals surface area contributed by atoms with Crippen LogP contribution in [0.2, 0.25) is 0 Å². The molecular formula is C22H40N2O8. The maximum atomic E-state index is 11.8. The second-order valence-corrected chi connectivity index (χ2v) is 8.32. The predicted octanol–water partition coefficient (Wildman–Crippen LogP) is 1.80. The number of unbranched alkanes of at least 4 members (excludes halogenated alkanes) is 3. The van der Waals surface area contributed by atoms with Crippen LogP contribution in [-0.4, -0.2) is 74.0 Å². The first-order valence-corrected chi connectivity index (χ1v) is 11.2. The Morgan fingerprint density at radius 3 is 1.69 bits per heavy atom. The van der Waals surface area contributed by atoms with E-state index >= 15 is 0 Å². The summed E-state index contributed by atoms with van der Waals surface area (Å²) in [5.74, 6) is -1.52. The molecule has 0 unspecified atom stereocenters. The Morgan fingerprint density at radius 2 is 1.19 bits per heavy atom. The van der Waals surface area contributed by atoms with Gasteiger partial charge in [-0.25, -0.2) is 0 Å². The van der Waals surface area contributed by atoms with E-state index < -0.39 is 11.6 Å². The Balaban J connectivity index is 3.37. The molecule has 0 aromatic carbocycles. The predicted molar refractivity (Wildman–Crippen MR) is 118 cm³/mol. The number of esters is 1. The first-order valence-electron chi connectivity index (χ1n) is 11.2. The van der Waals surface area contributed by atoms with Crippen LogP contribution >= 0.6 is 0 Å². The number of nitrogens with one attached hydrogen (secondary N) is 2. The van der Waals surface area contributed by atoms with Crippen molar-refractivity contribution in [1.29, 1.82) is 0 Å². The zero-order valence-electron chi connectivity index (χ0n) is 19.7. The van der Waals surface area contributed by atoms with Gasteiger partial charge < -0.3 is 30.0 Å². The fourth-order valence-corrected chi connectivity index (χ4v) is 2.55. The van der Waals surface area contributed by atoms with Crippen molar-refractivity contribution in [2.75, 3.05) is 39.5 Å². The van der Waals surface area contributed by atoms with Gasteiger partial charge in [-0.2, -0.15) is 0 Å². The summed E-state index contributed by atoms with van der Waals surface area (Å²) in [5.41, 5.74) is -0.448. The number of aliphatic carboxylic acids is 1. The van der Waals surface area contributed by atoms with Crippen molar-refractivity contribution in [2.24, 2.45) is 0 Å². The Hall–Kier alpha value is -2.20. The fourth-order valence-electron chi connectivity index (χ4n) is 2.55. The summed E-state index contributed by atoms with van der Waals surface area (Å²) < 4.78 is 15.9. The highest BCUT2D eigenvalue weighted by molar-refractivity contribution is 5.80. The van der Waals surface area contributed by atoms with Gasteiger partial charge in [0.1, 0.15) is 5.60 Å². The standard InChI is InChI=1S/C22H40N2O8/c1-22(2,3)32-21(29)9-7-5-4-6-8-18(25)23-12-14-30-16-17-31-15-13-24-19(26)10-11-20(27)28/h4-17H2,1-3H3,(H,23,25)(H,24,26)(H,27,28). The average Bonchev–Trinajstić information content (AvgIpc) is 2.69. The number of carbonyl (C=O) groups excluding carboxylic acids is 3. The monoisotopic (exact) mass is 460 g/mol. The normalized spacial score (nSPS) is 11.1. The zero-order chi connectivity index (χ0) is 24.2. The van der Waals surface area contributed by atoms with Gasteiger partial charge in [-0.1, -0.05) is 12.8 Å². The molecule has 0 aromatic rings. The topological polar surface area (TPSA) is 140 Å². The van der Waals surface area contributed by atoms with Crippen LogP contribution < -0.4 is 10.6 Å². The van der Waals surface area contributed by atoms with E-state index in [-0.39, 0.29) is 30.6 Å². The third-order valence-electron chi connectivity index (χ3n) is 4.03. The van der Waals surface area contributed by atoms with Gasteiger partial charge in [0.25, 0.3) is 0 Å². The first kappa shape index (κ1) is 29.8. The smallest absolute Gasteiger partial charge is 0.306 e. The molecule has 0 rings (SSSR count). The van der Waals surface area contributed by atoms with Crippen LogP contribution in [-0.2, 0) is 33.4 Å². The SMILES string of the molecule is CC(C)(C)OC(=O)CCCCCCC(=O)NCCOCCOCCNC(=O)CCC(=O)O. The molecule has 0 aromatic heterocycles. The third-order valence-corrected chi connectivity index (χ3v) is 4.03. The lowest BCUT2D eigenvalue weighted by Gasteiger charge is -2.19. The number of hydrogen-bond acceptors (Lipinski definition) is 7. The van der Waals surface area contributed by atoms with Crippen LogP contribution in [0.4, 0.5) is 0 Å². The molecule has 3 N–H and O–H groups in total. The average molecular weight is 461 g/mol. The second-order valence-electron chi connectivity index (χ2n) is 8.32. The third kappa shape index (κ3) is 22.5. The molecule has 0 atom stereocenters. The molecule has 0 spiro atoms. The zero-order valence-corrected chi connectivity index (χ0v) is 19.7. The lowest BCUT2D eigenvalue weighted by molar-refractivity contribution is -0.155. The van der Waals surface area contributed by atoms with E-state index in [1.807, 2.05) is 20.8 Å². The number of carbonyl (C=O) groups is 4. The van der Waals surface area contributed by atoms with Crippen molar-refractivity contribution < 1.29 is 38.5 Å².